The highest BCUT2D eigenvalue weighted by atomic mass is 35.5. The quantitative estimate of drug-likeness (QED) is 0.472. The molecule has 1 aromatic rings. The van der Waals surface area contributed by atoms with Crippen molar-refractivity contribution in [2.75, 3.05) is 7.11 Å². The number of carbonyl (C=O) groups is 1. The van der Waals surface area contributed by atoms with Crippen LogP contribution in [0, 0.1) is 6.92 Å². The molecule has 6 heteroatoms. The third-order valence-electron chi connectivity index (χ3n) is 3.39. The Morgan fingerprint density at radius 1 is 1.24 bits per heavy atom. The second-order valence-electron chi connectivity index (χ2n) is 5.34. The third-order valence-corrected chi connectivity index (χ3v) is 4.19. The molecular weight excluding hydrogens is 366 g/mol. The van der Waals surface area contributed by atoms with Crippen LogP contribution in [0.4, 0.5) is 4.39 Å². The molecule has 0 unspecified atom stereocenters. The lowest BCUT2D eigenvalue weighted by molar-refractivity contribution is -0.131. The average molecular weight is 385 g/mol. The normalized spacial score (nSPS) is 13.5. The molecule has 1 N–H and O–H groups in total. The molecule has 0 saturated carbocycles. The van der Waals surface area contributed by atoms with Crippen molar-refractivity contribution < 1.29 is 19.0 Å². The van der Waals surface area contributed by atoms with Gasteiger partial charge in [0.05, 0.1) is 17.2 Å². The summed E-state index contributed by atoms with van der Waals surface area (Å²) in [6.07, 6.45) is 6.76. The van der Waals surface area contributed by atoms with E-state index in [1.165, 1.54) is 19.3 Å². The Morgan fingerprint density at radius 3 is 2.44 bits per heavy atom. The summed E-state index contributed by atoms with van der Waals surface area (Å²) in [5.74, 6) is -0.997. The van der Waals surface area contributed by atoms with Crippen LogP contribution in [0.5, 0.6) is 5.75 Å². The van der Waals surface area contributed by atoms with E-state index in [1.807, 2.05) is 0 Å². The van der Waals surface area contributed by atoms with E-state index in [1.54, 1.807) is 39.0 Å². The first kappa shape index (κ1) is 21.0. The van der Waals surface area contributed by atoms with E-state index in [0.717, 1.165) is 11.6 Å². The van der Waals surface area contributed by atoms with Gasteiger partial charge in [0.15, 0.2) is 0 Å². The Labute approximate surface area is 156 Å². The summed E-state index contributed by atoms with van der Waals surface area (Å²) in [5, 5.41) is 9.45. The number of allylic oxidation sites excluding steroid dienone is 6. The highest BCUT2D eigenvalue weighted by molar-refractivity contribution is 6.38. The van der Waals surface area contributed by atoms with Crippen molar-refractivity contribution in [3.63, 3.8) is 0 Å². The molecular formula is C19H19Cl2FO3. The van der Waals surface area contributed by atoms with Gasteiger partial charge in [-0.3, -0.25) is 0 Å². The van der Waals surface area contributed by atoms with E-state index in [2.05, 4.69) is 0 Å². The van der Waals surface area contributed by atoms with Crippen molar-refractivity contribution in [2.24, 2.45) is 0 Å². The van der Waals surface area contributed by atoms with Gasteiger partial charge >= 0.3 is 5.97 Å². The van der Waals surface area contributed by atoms with Gasteiger partial charge in [0.2, 0.25) is 0 Å². The minimum atomic E-state index is -1.08. The predicted octanol–water partition coefficient (Wildman–Crippen LogP) is 6.15. The van der Waals surface area contributed by atoms with E-state index in [-0.39, 0.29) is 0 Å². The van der Waals surface area contributed by atoms with E-state index in [0.29, 0.717) is 32.5 Å². The second kappa shape index (κ2) is 9.44. The molecule has 0 aliphatic carbocycles. The lowest BCUT2D eigenvalue weighted by atomic mass is 10.1. The van der Waals surface area contributed by atoms with Crippen molar-refractivity contribution >= 4 is 35.2 Å². The smallest absolute Gasteiger partial charge is 0.328 e. The zero-order chi connectivity index (χ0) is 19.1. The number of aliphatic carboxylic acids is 1. The first-order valence-corrected chi connectivity index (χ1v) is 8.09. The van der Waals surface area contributed by atoms with E-state index in [4.69, 9.17) is 33.0 Å². The molecule has 25 heavy (non-hydrogen) atoms. The maximum Gasteiger partial charge on any atom is 0.328 e. The number of carboxylic acid groups (broad SMARTS) is 1. The fourth-order valence-corrected chi connectivity index (χ4v) is 2.51. The Balaban J connectivity index is 3.11. The molecule has 0 fully saturated rings. The summed E-state index contributed by atoms with van der Waals surface area (Å²) in [6, 6.07) is 1.65. The van der Waals surface area contributed by atoms with Gasteiger partial charge in [-0.15, -0.1) is 0 Å². The van der Waals surface area contributed by atoms with Crippen molar-refractivity contribution in [1.82, 2.24) is 0 Å². The van der Waals surface area contributed by atoms with Gasteiger partial charge in [-0.05, 0) is 44.1 Å². The van der Waals surface area contributed by atoms with Crippen LogP contribution in [0.25, 0.3) is 6.08 Å². The minimum absolute atomic E-state index is 0.347. The van der Waals surface area contributed by atoms with Gasteiger partial charge < -0.3 is 9.84 Å². The SMILES string of the molecule is COc1cc(Cl)c(C=CC(C)=C(F)C=CC(C)=CC(=O)O)c(Cl)c1C. The summed E-state index contributed by atoms with van der Waals surface area (Å²) < 4.78 is 19.3. The van der Waals surface area contributed by atoms with Gasteiger partial charge in [0.1, 0.15) is 11.6 Å². The first-order chi connectivity index (χ1) is 11.7. The maximum atomic E-state index is 14.1. The number of benzene rings is 1. The molecule has 0 atom stereocenters. The number of carboxylic acids is 1. The summed E-state index contributed by atoms with van der Waals surface area (Å²) >= 11 is 12.5. The Bertz CT molecular complexity index is 790. The van der Waals surface area contributed by atoms with Crippen LogP contribution in [-0.2, 0) is 4.79 Å². The Hall–Kier alpha value is -2.04. The van der Waals surface area contributed by atoms with Crippen LogP contribution < -0.4 is 4.74 Å². The maximum absolute atomic E-state index is 14.1. The Morgan fingerprint density at radius 2 is 1.88 bits per heavy atom. The fourth-order valence-electron chi connectivity index (χ4n) is 1.95. The van der Waals surface area contributed by atoms with Crippen LogP contribution in [0.2, 0.25) is 10.0 Å². The molecule has 0 radical (unpaired) electrons. The molecule has 0 spiro atoms. The largest absolute Gasteiger partial charge is 0.496 e. The predicted molar refractivity (Wildman–Crippen MR) is 101 cm³/mol. The summed E-state index contributed by atoms with van der Waals surface area (Å²) in [7, 11) is 1.53. The number of hydrogen-bond donors (Lipinski definition) is 1. The standard InChI is InChI=1S/C19H19Cl2FO3/c1-11(9-18(23)24)5-8-16(22)12(2)6-7-14-15(20)10-17(25-4)13(3)19(14)21/h5-10H,1-4H3,(H,23,24). The van der Waals surface area contributed by atoms with Crippen molar-refractivity contribution in [3.8, 4) is 5.75 Å². The highest BCUT2D eigenvalue weighted by Crippen LogP contribution is 2.36. The van der Waals surface area contributed by atoms with Gasteiger partial charge in [0.25, 0.3) is 0 Å². The molecule has 0 amide bonds. The zero-order valence-corrected chi connectivity index (χ0v) is 15.9. The second-order valence-corrected chi connectivity index (χ2v) is 6.12. The molecule has 0 saturated heterocycles. The molecule has 134 valence electrons. The van der Waals surface area contributed by atoms with Crippen LogP contribution >= 0.6 is 23.2 Å². The van der Waals surface area contributed by atoms with Crippen LogP contribution in [0.1, 0.15) is 25.0 Å². The number of ether oxygens (including phenoxy) is 1. The Kier molecular flexibility index (Phi) is 7.94. The van der Waals surface area contributed by atoms with Crippen LogP contribution in [0.15, 0.2) is 47.3 Å². The number of hydrogen-bond acceptors (Lipinski definition) is 2. The summed E-state index contributed by atoms with van der Waals surface area (Å²) in [6.45, 7) is 4.96. The molecule has 3 nitrogen and oxygen atoms in total. The number of rotatable bonds is 6. The fraction of sp³-hybridized carbons (Fsp3) is 0.211. The van der Waals surface area contributed by atoms with E-state index >= 15 is 0 Å². The lowest BCUT2D eigenvalue weighted by Gasteiger charge is -2.10. The van der Waals surface area contributed by atoms with Gasteiger partial charge in [-0.25, -0.2) is 9.18 Å². The van der Waals surface area contributed by atoms with E-state index < -0.39 is 11.8 Å². The molecule has 1 rings (SSSR count). The molecule has 0 aliphatic heterocycles. The minimum Gasteiger partial charge on any atom is -0.496 e. The number of methoxy groups -OCH3 is 1. The molecule has 0 aliphatic rings. The van der Waals surface area contributed by atoms with Gasteiger partial charge in [-0.1, -0.05) is 41.4 Å². The average Bonchev–Trinajstić information content (AvgIpc) is 2.54. The monoisotopic (exact) mass is 384 g/mol. The summed E-state index contributed by atoms with van der Waals surface area (Å²) in [5.41, 5.74) is 2.08. The molecule has 0 aromatic heterocycles. The van der Waals surface area contributed by atoms with Gasteiger partial charge in [0, 0.05) is 17.2 Å². The molecule has 1 aromatic carbocycles. The van der Waals surface area contributed by atoms with Crippen LogP contribution in [-0.4, -0.2) is 18.2 Å². The lowest BCUT2D eigenvalue weighted by Crippen LogP contribution is -1.91. The summed E-state index contributed by atoms with van der Waals surface area (Å²) in [4.78, 5) is 10.5. The topological polar surface area (TPSA) is 46.5 Å². The van der Waals surface area contributed by atoms with Crippen molar-refractivity contribution in [3.05, 3.63) is 68.5 Å². The molecule has 0 heterocycles. The highest BCUT2D eigenvalue weighted by Gasteiger charge is 2.11. The number of halogens is 3. The van der Waals surface area contributed by atoms with Gasteiger partial charge in [-0.2, -0.15) is 0 Å². The van der Waals surface area contributed by atoms with Crippen LogP contribution in [0.3, 0.4) is 0 Å². The first-order valence-electron chi connectivity index (χ1n) is 7.33. The van der Waals surface area contributed by atoms with Crippen molar-refractivity contribution in [2.45, 2.75) is 20.8 Å². The zero-order valence-electron chi connectivity index (χ0n) is 14.4. The van der Waals surface area contributed by atoms with Crippen molar-refractivity contribution in [1.29, 1.82) is 0 Å². The third kappa shape index (κ3) is 6.07. The van der Waals surface area contributed by atoms with E-state index in [9.17, 15) is 9.18 Å². The molecule has 0 bridgehead atoms.